The molecule has 0 radical (unpaired) electrons. The lowest BCUT2D eigenvalue weighted by molar-refractivity contribution is -0.141. The molecule has 3 atom stereocenters. The summed E-state index contributed by atoms with van der Waals surface area (Å²) in [7, 11) is 0. The van der Waals surface area contributed by atoms with Crippen molar-refractivity contribution in [2.24, 2.45) is 5.92 Å². The lowest BCUT2D eigenvalue weighted by Crippen LogP contribution is -2.55. The quantitative estimate of drug-likeness (QED) is 0.180. The van der Waals surface area contributed by atoms with Crippen LogP contribution in [0.5, 0.6) is 0 Å². The lowest BCUT2D eigenvalue weighted by atomic mass is 9.89. The molecule has 0 saturated carbocycles. The lowest BCUT2D eigenvalue weighted by Gasteiger charge is -2.27. The van der Waals surface area contributed by atoms with Crippen molar-refractivity contribution in [1.29, 1.82) is 0 Å². The molecule has 0 aliphatic carbocycles. The average molecular weight is 607 g/mol. The fourth-order valence-corrected chi connectivity index (χ4v) is 5.23. The highest BCUT2D eigenvalue weighted by molar-refractivity contribution is 6.38. The van der Waals surface area contributed by atoms with E-state index >= 15 is 0 Å². The van der Waals surface area contributed by atoms with Crippen LogP contribution < -0.4 is 21.3 Å². The maximum atomic E-state index is 13.8. The van der Waals surface area contributed by atoms with E-state index in [-0.39, 0.29) is 31.0 Å². The first kappa shape index (κ1) is 31.0. The summed E-state index contributed by atoms with van der Waals surface area (Å²) in [6.45, 7) is 0.649. The van der Waals surface area contributed by atoms with Crippen molar-refractivity contribution >= 4 is 40.4 Å². The van der Waals surface area contributed by atoms with Gasteiger partial charge in [0.25, 0.3) is 11.8 Å². The highest BCUT2D eigenvalue weighted by Gasteiger charge is 2.35. The summed E-state index contributed by atoms with van der Waals surface area (Å²) < 4.78 is 0. The van der Waals surface area contributed by atoms with Crippen LogP contribution in [-0.4, -0.2) is 58.0 Å². The van der Waals surface area contributed by atoms with E-state index in [1.54, 1.807) is 18.2 Å². The molecule has 4 amide bonds. The maximum Gasteiger partial charge on any atom is 0.289 e. The molecule has 5 rings (SSSR count). The third-order valence-electron chi connectivity index (χ3n) is 7.66. The largest absolute Gasteiger partial charge is 0.356 e. The number of carbonyl (C=O) groups is 5. The van der Waals surface area contributed by atoms with Crippen LogP contribution in [0, 0.1) is 5.92 Å². The highest BCUT2D eigenvalue weighted by Crippen LogP contribution is 2.19. The van der Waals surface area contributed by atoms with E-state index in [4.69, 9.17) is 0 Å². The van der Waals surface area contributed by atoms with Crippen molar-refractivity contribution < 1.29 is 24.0 Å². The van der Waals surface area contributed by atoms with Crippen LogP contribution in [0.25, 0.3) is 11.0 Å². The van der Waals surface area contributed by atoms with E-state index < -0.39 is 41.5 Å². The molecule has 4 aromatic rings. The molecule has 1 aromatic heterocycles. The molecular weight excluding hydrogens is 572 g/mol. The second kappa shape index (κ2) is 14.8. The van der Waals surface area contributed by atoms with Crippen molar-refractivity contribution in [2.45, 2.75) is 44.3 Å². The zero-order chi connectivity index (χ0) is 31.6. The van der Waals surface area contributed by atoms with E-state index in [9.17, 15) is 24.0 Å². The summed E-state index contributed by atoms with van der Waals surface area (Å²) in [4.78, 5) is 74.9. The van der Waals surface area contributed by atoms with Gasteiger partial charge in [-0.25, -0.2) is 4.98 Å². The molecule has 45 heavy (non-hydrogen) atoms. The minimum atomic E-state index is -1.29. The zero-order valence-corrected chi connectivity index (χ0v) is 24.6. The Bertz CT molecular complexity index is 1680. The van der Waals surface area contributed by atoms with E-state index in [2.05, 4.69) is 31.2 Å². The molecule has 11 nitrogen and oxygen atoms in total. The van der Waals surface area contributed by atoms with Gasteiger partial charge < -0.3 is 21.3 Å². The number of aromatic nitrogens is 2. The van der Waals surface area contributed by atoms with Crippen LogP contribution in [0.2, 0.25) is 0 Å². The number of piperidine rings is 1. The van der Waals surface area contributed by atoms with Gasteiger partial charge in [0.2, 0.25) is 17.6 Å². The second-order valence-corrected chi connectivity index (χ2v) is 10.9. The van der Waals surface area contributed by atoms with Gasteiger partial charge in [-0.3, -0.25) is 29.0 Å². The van der Waals surface area contributed by atoms with Crippen LogP contribution in [0.1, 0.15) is 40.9 Å². The van der Waals surface area contributed by atoms with Gasteiger partial charge in [0.05, 0.1) is 23.3 Å². The van der Waals surface area contributed by atoms with Crippen LogP contribution in [0.3, 0.4) is 0 Å². The SMILES string of the molecule is O=C(NCc1ccccc1)C(=O)C(C[C@@H]1CCCNC1=O)NC(=O)[C@H](Cc1ccccc1)NC(=O)c1cnc2ccccc2n1. The Kier molecular flexibility index (Phi) is 10.2. The smallest absolute Gasteiger partial charge is 0.289 e. The molecule has 1 fully saturated rings. The minimum absolute atomic E-state index is 0.0198. The number of fused-ring (bicyclic) bond motifs is 1. The third-order valence-corrected chi connectivity index (χ3v) is 7.66. The van der Waals surface area contributed by atoms with Gasteiger partial charge in [0.15, 0.2) is 0 Å². The number of rotatable bonds is 12. The summed E-state index contributed by atoms with van der Waals surface area (Å²) in [5.41, 5.74) is 2.72. The maximum absolute atomic E-state index is 13.8. The molecule has 230 valence electrons. The van der Waals surface area contributed by atoms with Crippen molar-refractivity contribution in [3.05, 3.63) is 108 Å². The van der Waals surface area contributed by atoms with E-state index in [1.807, 2.05) is 66.7 Å². The van der Waals surface area contributed by atoms with Crippen LogP contribution >= 0.6 is 0 Å². The number of para-hydroxylation sites is 2. The summed E-state index contributed by atoms with van der Waals surface area (Å²) in [5, 5.41) is 10.8. The molecule has 0 bridgehead atoms. The highest BCUT2D eigenvalue weighted by atomic mass is 16.2. The number of nitrogens with one attached hydrogen (secondary N) is 4. The Morgan fingerprint density at radius 2 is 1.49 bits per heavy atom. The number of carbonyl (C=O) groups excluding carboxylic acids is 5. The standard InChI is InChI=1S/C34H34N6O5/c41-30(34(45)37-20-23-12-5-2-6-13-23)27(19-24-14-9-17-35-31(24)42)39-32(43)28(18-22-10-3-1-4-11-22)40-33(44)29-21-36-25-15-7-8-16-26(25)38-29/h1-8,10-13,15-16,21,24,27-28H,9,14,17-20H2,(H,35,42)(H,37,45)(H,39,43)(H,40,44)/t24-,27?,28-/m0/s1. The molecule has 1 unspecified atom stereocenters. The van der Waals surface area contributed by atoms with E-state index in [0.717, 1.165) is 11.1 Å². The molecule has 11 heteroatoms. The number of hydrogen-bond donors (Lipinski definition) is 4. The molecular formula is C34H34N6O5. The van der Waals surface area contributed by atoms with Crippen molar-refractivity contribution in [3.8, 4) is 0 Å². The number of ketones is 1. The zero-order valence-electron chi connectivity index (χ0n) is 24.6. The Morgan fingerprint density at radius 3 is 2.20 bits per heavy atom. The van der Waals surface area contributed by atoms with Crippen molar-refractivity contribution in [3.63, 3.8) is 0 Å². The van der Waals surface area contributed by atoms with Gasteiger partial charge in [-0.15, -0.1) is 0 Å². The number of benzene rings is 3. The number of Topliss-reactive ketones (excluding diaryl/α,β-unsaturated/α-hetero) is 1. The first-order chi connectivity index (χ1) is 21.9. The van der Waals surface area contributed by atoms with Crippen LogP contribution in [-0.2, 0) is 32.1 Å². The van der Waals surface area contributed by atoms with E-state index in [1.165, 1.54) is 6.20 Å². The Hall–Kier alpha value is -5.45. The Labute approximate surface area is 260 Å². The van der Waals surface area contributed by atoms with Gasteiger partial charge in [-0.05, 0) is 42.5 Å². The predicted molar refractivity (Wildman–Crippen MR) is 167 cm³/mol. The fraction of sp³-hybridized carbons (Fsp3) is 0.265. The summed E-state index contributed by atoms with van der Waals surface area (Å²) in [5.74, 6) is -3.85. The van der Waals surface area contributed by atoms with Gasteiger partial charge in [-0.2, -0.15) is 0 Å². The molecule has 1 aliphatic rings. The average Bonchev–Trinajstić information content (AvgIpc) is 3.07. The van der Waals surface area contributed by atoms with Gasteiger partial charge in [0, 0.05) is 25.4 Å². The fourth-order valence-electron chi connectivity index (χ4n) is 5.23. The number of amides is 4. The summed E-state index contributed by atoms with van der Waals surface area (Å²) in [6.07, 6.45) is 2.61. The Balaban J connectivity index is 1.36. The first-order valence-corrected chi connectivity index (χ1v) is 14.9. The van der Waals surface area contributed by atoms with Crippen LogP contribution in [0.15, 0.2) is 91.1 Å². The number of hydrogen-bond acceptors (Lipinski definition) is 7. The Morgan fingerprint density at radius 1 is 0.822 bits per heavy atom. The van der Waals surface area contributed by atoms with Crippen molar-refractivity contribution in [1.82, 2.24) is 31.2 Å². The second-order valence-electron chi connectivity index (χ2n) is 10.9. The third kappa shape index (κ3) is 8.35. The minimum Gasteiger partial charge on any atom is -0.356 e. The topological polar surface area (TPSA) is 159 Å². The summed E-state index contributed by atoms with van der Waals surface area (Å²) >= 11 is 0. The molecule has 3 aromatic carbocycles. The summed E-state index contributed by atoms with van der Waals surface area (Å²) in [6, 6.07) is 22.9. The monoisotopic (exact) mass is 606 g/mol. The normalized spacial score (nSPS) is 15.7. The van der Waals surface area contributed by atoms with Gasteiger partial charge in [0.1, 0.15) is 11.7 Å². The molecule has 0 spiro atoms. The van der Waals surface area contributed by atoms with Crippen LogP contribution in [0.4, 0.5) is 0 Å². The predicted octanol–water partition coefficient (Wildman–Crippen LogP) is 2.26. The molecule has 2 heterocycles. The van der Waals surface area contributed by atoms with E-state index in [0.29, 0.717) is 30.4 Å². The van der Waals surface area contributed by atoms with Crippen molar-refractivity contribution in [2.75, 3.05) is 6.54 Å². The number of nitrogens with zero attached hydrogens (tertiary/aromatic N) is 2. The molecule has 4 N–H and O–H groups in total. The first-order valence-electron chi connectivity index (χ1n) is 14.9. The molecule has 1 aliphatic heterocycles. The molecule has 1 saturated heterocycles. The van der Waals surface area contributed by atoms with Gasteiger partial charge in [-0.1, -0.05) is 72.8 Å². The van der Waals surface area contributed by atoms with Gasteiger partial charge >= 0.3 is 0 Å².